The lowest BCUT2D eigenvalue weighted by atomic mass is 9.90. The minimum Gasteiger partial charge on any atom is -0.490 e. The predicted molar refractivity (Wildman–Crippen MR) is 61.9 cm³/mol. The number of benzene rings is 1. The first kappa shape index (κ1) is 10.5. The third-order valence-corrected chi connectivity index (χ3v) is 3.36. The van der Waals surface area contributed by atoms with Crippen LogP contribution in [0.2, 0.25) is 0 Å². The van der Waals surface area contributed by atoms with Gasteiger partial charge in [-0.15, -0.1) is 0 Å². The van der Waals surface area contributed by atoms with E-state index in [0.29, 0.717) is 5.92 Å². The number of fused-ring (bicyclic) bond motifs is 1. The summed E-state index contributed by atoms with van der Waals surface area (Å²) in [4.78, 5) is 0. The summed E-state index contributed by atoms with van der Waals surface area (Å²) >= 11 is 0. The van der Waals surface area contributed by atoms with Gasteiger partial charge in [0.15, 0.2) is 0 Å². The summed E-state index contributed by atoms with van der Waals surface area (Å²) in [5, 5.41) is 0. The molecule has 0 saturated carbocycles. The normalized spacial score (nSPS) is 26.6. The van der Waals surface area contributed by atoms with E-state index < -0.39 is 0 Å². The standard InChI is InChI=1S/C13H19NO/c1-3-9(2)13-8-11(14)10-6-4-5-7-12(10)15-13/h4-7,9,11,13H,3,8,14H2,1-2H3/t9?,11-,13?/m0/s1. The van der Waals surface area contributed by atoms with Gasteiger partial charge in [-0.1, -0.05) is 38.5 Å². The average Bonchev–Trinajstić information content (AvgIpc) is 2.28. The highest BCUT2D eigenvalue weighted by Gasteiger charge is 2.28. The molecule has 1 aliphatic heterocycles. The zero-order valence-corrected chi connectivity index (χ0v) is 9.44. The Morgan fingerprint density at radius 1 is 1.47 bits per heavy atom. The predicted octanol–water partition coefficient (Wildman–Crippen LogP) is 2.88. The quantitative estimate of drug-likeness (QED) is 0.805. The van der Waals surface area contributed by atoms with E-state index in [9.17, 15) is 0 Å². The number of nitrogens with two attached hydrogens (primary N) is 1. The largest absolute Gasteiger partial charge is 0.490 e. The Morgan fingerprint density at radius 2 is 2.20 bits per heavy atom. The fraction of sp³-hybridized carbons (Fsp3) is 0.538. The molecule has 0 spiro atoms. The molecule has 82 valence electrons. The lowest BCUT2D eigenvalue weighted by molar-refractivity contribution is 0.105. The van der Waals surface area contributed by atoms with Gasteiger partial charge in [-0.05, 0) is 12.0 Å². The fourth-order valence-corrected chi connectivity index (χ4v) is 2.09. The van der Waals surface area contributed by atoms with Crippen LogP contribution in [-0.2, 0) is 0 Å². The van der Waals surface area contributed by atoms with E-state index in [2.05, 4.69) is 19.9 Å². The Kier molecular flexibility index (Phi) is 2.96. The summed E-state index contributed by atoms with van der Waals surface area (Å²) in [7, 11) is 0. The van der Waals surface area contributed by atoms with E-state index in [4.69, 9.17) is 10.5 Å². The number of hydrogen-bond acceptors (Lipinski definition) is 2. The molecule has 1 aromatic carbocycles. The first-order valence-corrected chi connectivity index (χ1v) is 5.73. The smallest absolute Gasteiger partial charge is 0.124 e. The van der Waals surface area contributed by atoms with Gasteiger partial charge < -0.3 is 10.5 Å². The molecule has 2 nitrogen and oxygen atoms in total. The van der Waals surface area contributed by atoms with Gasteiger partial charge in [-0.25, -0.2) is 0 Å². The maximum Gasteiger partial charge on any atom is 0.124 e. The molecular weight excluding hydrogens is 186 g/mol. The van der Waals surface area contributed by atoms with Gasteiger partial charge in [0.25, 0.3) is 0 Å². The number of para-hydroxylation sites is 1. The molecule has 0 saturated heterocycles. The van der Waals surface area contributed by atoms with E-state index in [1.54, 1.807) is 0 Å². The van der Waals surface area contributed by atoms with Crippen LogP contribution < -0.4 is 10.5 Å². The van der Waals surface area contributed by atoms with Crippen molar-refractivity contribution in [1.82, 2.24) is 0 Å². The van der Waals surface area contributed by atoms with Crippen molar-refractivity contribution in [1.29, 1.82) is 0 Å². The SMILES string of the molecule is CCC(C)C1C[C@H](N)c2ccccc2O1. The molecule has 1 aromatic rings. The van der Waals surface area contributed by atoms with Crippen LogP contribution in [0.15, 0.2) is 24.3 Å². The van der Waals surface area contributed by atoms with Crippen LogP contribution in [0.25, 0.3) is 0 Å². The van der Waals surface area contributed by atoms with Crippen molar-refractivity contribution >= 4 is 0 Å². The topological polar surface area (TPSA) is 35.2 Å². The molecule has 0 aromatic heterocycles. The van der Waals surface area contributed by atoms with Gasteiger partial charge in [0.05, 0.1) is 0 Å². The molecule has 0 amide bonds. The minimum atomic E-state index is 0.133. The fourth-order valence-electron chi connectivity index (χ4n) is 2.09. The van der Waals surface area contributed by atoms with E-state index in [1.807, 2.05) is 18.2 Å². The number of ether oxygens (including phenoxy) is 1. The van der Waals surface area contributed by atoms with Crippen molar-refractivity contribution in [3.8, 4) is 5.75 Å². The molecule has 1 heterocycles. The van der Waals surface area contributed by atoms with Crippen LogP contribution >= 0.6 is 0 Å². The van der Waals surface area contributed by atoms with Crippen LogP contribution in [0, 0.1) is 5.92 Å². The average molecular weight is 205 g/mol. The maximum atomic E-state index is 6.15. The molecule has 0 bridgehead atoms. The molecule has 2 unspecified atom stereocenters. The van der Waals surface area contributed by atoms with Gasteiger partial charge in [0.1, 0.15) is 11.9 Å². The third-order valence-electron chi connectivity index (χ3n) is 3.36. The minimum absolute atomic E-state index is 0.133. The lowest BCUT2D eigenvalue weighted by Gasteiger charge is -2.33. The zero-order valence-electron chi connectivity index (χ0n) is 9.44. The molecule has 15 heavy (non-hydrogen) atoms. The second-order valence-corrected chi connectivity index (χ2v) is 4.42. The van der Waals surface area contributed by atoms with Gasteiger partial charge in [-0.2, -0.15) is 0 Å². The van der Waals surface area contributed by atoms with E-state index in [-0.39, 0.29) is 12.1 Å². The lowest BCUT2D eigenvalue weighted by Crippen LogP contribution is -2.33. The van der Waals surface area contributed by atoms with Crippen LogP contribution in [0.1, 0.15) is 38.3 Å². The molecule has 0 radical (unpaired) electrons. The molecule has 2 rings (SSSR count). The van der Waals surface area contributed by atoms with E-state index >= 15 is 0 Å². The number of rotatable bonds is 2. The molecule has 0 fully saturated rings. The highest BCUT2D eigenvalue weighted by Crippen LogP contribution is 2.35. The summed E-state index contributed by atoms with van der Waals surface area (Å²) in [6.45, 7) is 4.42. The Morgan fingerprint density at radius 3 is 2.93 bits per heavy atom. The monoisotopic (exact) mass is 205 g/mol. The molecule has 1 aliphatic rings. The second-order valence-electron chi connectivity index (χ2n) is 4.42. The van der Waals surface area contributed by atoms with Gasteiger partial charge >= 0.3 is 0 Å². The van der Waals surface area contributed by atoms with Gasteiger partial charge in [-0.3, -0.25) is 0 Å². The summed E-state index contributed by atoms with van der Waals surface area (Å²) in [5.41, 5.74) is 7.30. The molecule has 3 atom stereocenters. The van der Waals surface area contributed by atoms with Crippen molar-refractivity contribution in [3.05, 3.63) is 29.8 Å². The van der Waals surface area contributed by atoms with Gasteiger partial charge in [0.2, 0.25) is 0 Å². The van der Waals surface area contributed by atoms with Crippen molar-refractivity contribution in [2.75, 3.05) is 0 Å². The van der Waals surface area contributed by atoms with Crippen LogP contribution in [0.3, 0.4) is 0 Å². The summed E-state index contributed by atoms with van der Waals surface area (Å²) < 4.78 is 5.98. The van der Waals surface area contributed by atoms with E-state index in [1.165, 1.54) is 0 Å². The molecule has 2 heteroatoms. The molecule has 0 aliphatic carbocycles. The molecule has 2 N–H and O–H groups in total. The summed E-state index contributed by atoms with van der Waals surface area (Å²) in [6, 6.07) is 8.24. The van der Waals surface area contributed by atoms with Crippen molar-refractivity contribution in [3.63, 3.8) is 0 Å². The van der Waals surface area contributed by atoms with Crippen LogP contribution in [-0.4, -0.2) is 6.10 Å². The summed E-state index contributed by atoms with van der Waals surface area (Å²) in [5.74, 6) is 1.55. The Bertz CT molecular complexity index is 337. The van der Waals surface area contributed by atoms with Crippen molar-refractivity contribution < 1.29 is 4.74 Å². The van der Waals surface area contributed by atoms with Gasteiger partial charge in [0, 0.05) is 18.0 Å². The number of hydrogen-bond donors (Lipinski definition) is 1. The Hall–Kier alpha value is -1.02. The first-order valence-electron chi connectivity index (χ1n) is 5.73. The second kappa shape index (κ2) is 4.23. The molecular formula is C13H19NO. The Balaban J connectivity index is 2.22. The maximum absolute atomic E-state index is 6.15. The zero-order chi connectivity index (χ0) is 10.8. The summed E-state index contributed by atoms with van der Waals surface area (Å²) in [6.07, 6.45) is 2.35. The first-order chi connectivity index (χ1) is 7.22. The van der Waals surface area contributed by atoms with Crippen molar-refractivity contribution in [2.24, 2.45) is 11.7 Å². The van der Waals surface area contributed by atoms with Crippen molar-refractivity contribution in [2.45, 2.75) is 38.8 Å². The van der Waals surface area contributed by atoms with Crippen LogP contribution in [0.4, 0.5) is 0 Å². The highest BCUT2D eigenvalue weighted by atomic mass is 16.5. The van der Waals surface area contributed by atoms with E-state index in [0.717, 1.165) is 24.2 Å². The third kappa shape index (κ3) is 2.00. The Labute approximate surface area is 91.4 Å². The van der Waals surface area contributed by atoms with Crippen LogP contribution in [0.5, 0.6) is 5.75 Å². The highest BCUT2D eigenvalue weighted by molar-refractivity contribution is 5.37.